The number of aliphatic hydroxyl groups excluding tert-OH is 1. The lowest BCUT2D eigenvalue weighted by Gasteiger charge is -2.37. The molecule has 3 nitrogen and oxygen atoms in total. The van der Waals surface area contributed by atoms with Crippen molar-refractivity contribution in [1.82, 2.24) is 0 Å². The van der Waals surface area contributed by atoms with Gasteiger partial charge in [-0.1, -0.05) is 6.58 Å². The van der Waals surface area contributed by atoms with Gasteiger partial charge in [0.2, 0.25) is 0 Å². The van der Waals surface area contributed by atoms with E-state index in [-0.39, 0.29) is 13.2 Å². The van der Waals surface area contributed by atoms with Crippen LogP contribution >= 0.6 is 69.6 Å². The van der Waals surface area contributed by atoms with Gasteiger partial charge < -0.3 is 9.84 Å². The van der Waals surface area contributed by atoms with E-state index in [9.17, 15) is 4.79 Å². The van der Waals surface area contributed by atoms with E-state index >= 15 is 0 Å². The van der Waals surface area contributed by atoms with Crippen LogP contribution in [-0.2, 0) is 9.53 Å². The van der Waals surface area contributed by atoms with Crippen LogP contribution in [0.1, 0.15) is 6.92 Å². The van der Waals surface area contributed by atoms with E-state index in [0.29, 0.717) is 5.57 Å². The molecule has 0 atom stereocenters. The molecule has 21 heavy (non-hydrogen) atoms. The van der Waals surface area contributed by atoms with Crippen molar-refractivity contribution in [1.29, 1.82) is 0 Å². The maximum Gasteiger partial charge on any atom is 0.333 e. The van der Waals surface area contributed by atoms with Crippen molar-refractivity contribution in [2.24, 2.45) is 0 Å². The molecule has 0 aromatic heterocycles. The molecule has 1 fully saturated rings. The molecule has 0 heterocycles. The van der Waals surface area contributed by atoms with Gasteiger partial charge in [0.15, 0.2) is 0 Å². The number of carbonyl (C=O) groups excluding carboxylic acids is 1. The molecule has 0 aromatic rings. The molecule has 0 spiro atoms. The van der Waals surface area contributed by atoms with E-state index in [2.05, 4.69) is 11.3 Å². The first-order valence-corrected chi connectivity index (χ1v) is 8.54. The van der Waals surface area contributed by atoms with Crippen LogP contribution in [0.15, 0.2) is 12.2 Å². The van der Waals surface area contributed by atoms with E-state index in [1.54, 1.807) is 6.92 Å². The molecule has 124 valence electrons. The van der Waals surface area contributed by atoms with Gasteiger partial charge in [-0.2, -0.15) is 0 Å². The summed E-state index contributed by atoms with van der Waals surface area (Å²) < 4.78 is 4.46. The first-order valence-electron chi connectivity index (χ1n) is 5.93. The summed E-state index contributed by atoms with van der Waals surface area (Å²) in [5.74, 6) is -0.455. The maximum atomic E-state index is 10.5. The number of hydrogen-bond acceptors (Lipinski definition) is 3. The lowest BCUT2D eigenvalue weighted by atomic mass is 9.97. The Morgan fingerprint density at radius 3 is 1.43 bits per heavy atom. The average Bonchev–Trinajstić information content (AvgIpc) is 2.47. The number of aliphatic hydroxyl groups is 1. The van der Waals surface area contributed by atoms with Gasteiger partial charge >= 0.3 is 5.97 Å². The standard InChI is InChI=1S/C6H6Cl6.C6H10O3/c7-1-2(8)4(10)6(12)5(11)3(1)9;1-5(2)6(8)9-4-3-7/h1-6H;7H,1,3-4H2,2H3. The normalized spacial score (nSPS) is 35.4. The fraction of sp³-hybridized carbons (Fsp3) is 0.750. The number of alkyl halides is 6. The van der Waals surface area contributed by atoms with Crippen LogP contribution in [0.25, 0.3) is 0 Å². The van der Waals surface area contributed by atoms with Gasteiger partial charge in [-0.05, 0) is 6.92 Å². The predicted octanol–water partition coefficient (Wildman–Crippen LogP) is 3.74. The lowest BCUT2D eigenvalue weighted by molar-refractivity contribution is -0.139. The molecule has 1 rings (SSSR count). The molecule has 1 saturated carbocycles. The molecule has 1 aliphatic carbocycles. The molecular formula is C12H16Cl6O3. The molecule has 0 amide bonds. The Bertz CT molecular complexity index is 295. The van der Waals surface area contributed by atoms with Crippen molar-refractivity contribution in [3.05, 3.63) is 12.2 Å². The van der Waals surface area contributed by atoms with Crippen molar-refractivity contribution in [3.8, 4) is 0 Å². The van der Waals surface area contributed by atoms with Crippen molar-refractivity contribution in [3.63, 3.8) is 0 Å². The van der Waals surface area contributed by atoms with Crippen LogP contribution in [0.2, 0.25) is 0 Å². The molecule has 0 unspecified atom stereocenters. The minimum atomic E-state index is -0.455. The molecule has 1 aliphatic rings. The summed E-state index contributed by atoms with van der Waals surface area (Å²) in [5.41, 5.74) is 0.350. The first-order chi connectivity index (χ1) is 9.64. The van der Waals surface area contributed by atoms with Crippen molar-refractivity contribution in [2.75, 3.05) is 13.2 Å². The maximum absolute atomic E-state index is 10.5. The summed E-state index contributed by atoms with van der Waals surface area (Å²) in [5, 5.41) is 5.57. The SMILES string of the molecule is C=C(C)C(=O)OCCO.ClC1C(Cl)C(Cl)C(Cl)C(Cl)C1Cl. The van der Waals surface area contributed by atoms with E-state index < -0.39 is 38.2 Å². The predicted molar refractivity (Wildman–Crippen MR) is 90.7 cm³/mol. The lowest BCUT2D eigenvalue weighted by Crippen LogP contribution is -2.52. The van der Waals surface area contributed by atoms with Gasteiger partial charge in [-0.3, -0.25) is 0 Å². The highest BCUT2D eigenvalue weighted by Crippen LogP contribution is 2.39. The van der Waals surface area contributed by atoms with Gasteiger partial charge in [-0.25, -0.2) is 4.79 Å². The molecule has 0 saturated heterocycles. The molecular weight excluding hydrogens is 405 g/mol. The van der Waals surface area contributed by atoms with E-state index in [4.69, 9.17) is 74.7 Å². The summed E-state index contributed by atoms with van der Waals surface area (Å²) in [4.78, 5) is 10.5. The van der Waals surface area contributed by atoms with Crippen LogP contribution < -0.4 is 0 Å². The van der Waals surface area contributed by atoms with E-state index in [1.807, 2.05) is 0 Å². The van der Waals surface area contributed by atoms with Crippen LogP contribution in [0.5, 0.6) is 0 Å². The second kappa shape index (κ2) is 10.6. The third-order valence-corrected chi connectivity index (χ3v) is 6.53. The minimum Gasteiger partial charge on any atom is -0.460 e. The number of rotatable bonds is 3. The largest absolute Gasteiger partial charge is 0.460 e. The zero-order valence-electron chi connectivity index (χ0n) is 11.1. The highest BCUT2D eigenvalue weighted by molar-refractivity contribution is 6.45. The second-order valence-electron chi connectivity index (χ2n) is 4.31. The third kappa shape index (κ3) is 6.90. The number of carbonyl (C=O) groups is 1. The summed E-state index contributed by atoms with van der Waals surface area (Å²) in [7, 11) is 0. The Balaban J connectivity index is 0.000000400. The minimum absolute atomic E-state index is 0.0473. The van der Waals surface area contributed by atoms with E-state index in [0.717, 1.165) is 0 Å². The van der Waals surface area contributed by atoms with Crippen LogP contribution in [-0.4, -0.2) is 56.6 Å². The summed E-state index contributed by atoms with van der Waals surface area (Å²) in [6.07, 6.45) is 0. The Hall–Kier alpha value is 0.910. The Labute approximate surface area is 154 Å². The van der Waals surface area contributed by atoms with Gasteiger partial charge in [0.25, 0.3) is 0 Å². The Kier molecular flexibility index (Phi) is 11.1. The topological polar surface area (TPSA) is 46.5 Å². The number of esters is 1. The molecule has 0 bridgehead atoms. The number of ether oxygens (including phenoxy) is 1. The highest BCUT2D eigenvalue weighted by Gasteiger charge is 2.46. The van der Waals surface area contributed by atoms with Crippen molar-refractivity contribution in [2.45, 2.75) is 39.2 Å². The number of halogens is 6. The highest BCUT2D eigenvalue weighted by atomic mass is 35.5. The zero-order valence-corrected chi connectivity index (χ0v) is 15.7. The second-order valence-corrected chi connectivity index (χ2v) is 7.33. The summed E-state index contributed by atoms with van der Waals surface area (Å²) in [6, 6.07) is 0. The zero-order chi connectivity index (χ0) is 16.7. The van der Waals surface area contributed by atoms with Crippen LogP contribution in [0.3, 0.4) is 0 Å². The fourth-order valence-electron chi connectivity index (χ4n) is 1.32. The summed E-state index contributed by atoms with van der Waals surface area (Å²) in [6.45, 7) is 4.81. The van der Waals surface area contributed by atoms with Gasteiger partial charge in [-0.15, -0.1) is 69.6 Å². The Morgan fingerprint density at radius 2 is 1.24 bits per heavy atom. The van der Waals surface area contributed by atoms with Gasteiger partial charge in [0, 0.05) is 5.57 Å². The quantitative estimate of drug-likeness (QED) is 0.429. The molecule has 0 aromatic carbocycles. The van der Waals surface area contributed by atoms with Crippen molar-refractivity contribution >= 4 is 75.6 Å². The van der Waals surface area contributed by atoms with Gasteiger partial charge in [0.1, 0.15) is 6.61 Å². The van der Waals surface area contributed by atoms with Crippen molar-refractivity contribution < 1.29 is 14.6 Å². The molecule has 0 radical (unpaired) electrons. The summed E-state index contributed by atoms with van der Waals surface area (Å²) >= 11 is 35.3. The van der Waals surface area contributed by atoms with Gasteiger partial charge in [0.05, 0.1) is 38.9 Å². The Morgan fingerprint density at radius 1 is 0.952 bits per heavy atom. The third-order valence-electron chi connectivity index (χ3n) is 2.50. The molecule has 0 aliphatic heterocycles. The monoisotopic (exact) mass is 418 g/mol. The number of hydrogen-bond donors (Lipinski definition) is 1. The molecule has 9 heteroatoms. The van der Waals surface area contributed by atoms with Crippen LogP contribution in [0.4, 0.5) is 0 Å². The average molecular weight is 421 g/mol. The fourth-order valence-corrected chi connectivity index (χ4v) is 3.64. The van der Waals surface area contributed by atoms with Crippen LogP contribution in [0, 0.1) is 0 Å². The smallest absolute Gasteiger partial charge is 0.333 e. The molecule has 1 N–H and O–H groups in total. The first kappa shape index (κ1) is 21.9. The van der Waals surface area contributed by atoms with E-state index in [1.165, 1.54) is 0 Å².